The highest BCUT2D eigenvalue weighted by molar-refractivity contribution is 5.77. The van der Waals surface area contributed by atoms with Crippen molar-refractivity contribution in [3.63, 3.8) is 0 Å². The molecule has 0 aromatic rings. The molecule has 0 aromatic carbocycles. The molecule has 142 valence electrons. The molecule has 0 bridgehead atoms. The third kappa shape index (κ3) is 3.56. The molecule has 1 fully saturated rings. The maximum atomic E-state index is 12.5. The molecule has 5 atom stereocenters. The Morgan fingerprint density at radius 2 is 2.12 bits per heavy atom. The minimum absolute atomic E-state index is 0.0171. The second-order valence-electron chi connectivity index (χ2n) is 8.41. The first kappa shape index (κ1) is 20.2. The summed E-state index contributed by atoms with van der Waals surface area (Å²) in [5.41, 5.74) is 1.61. The Kier molecular flexibility index (Phi) is 6.16. The van der Waals surface area contributed by atoms with Gasteiger partial charge >= 0.3 is 5.97 Å². The van der Waals surface area contributed by atoms with Crippen molar-refractivity contribution in [2.75, 3.05) is 13.7 Å². The number of carbonyl (C=O) groups excluding carboxylic acids is 1. The van der Waals surface area contributed by atoms with Crippen LogP contribution in [0.3, 0.4) is 0 Å². The highest BCUT2D eigenvalue weighted by Gasteiger charge is 2.52. The van der Waals surface area contributed by atoms with E-state index in [2.05, 4.69) is 33.4 Å². The van der Waals surface area contributed by atoms with Gasteiger partial charge in [-0.25, -0.2) is 0 Å². The molecule has 4 nitrogen and oxygen atoms in total. The summed E-state index contributed by atoms with van der Waals surface area (Å²) in [5, 5.41) is 18.9. The molecule has 0 aliphatic heterocycles. The summed E-state index contributed by atoms with van der Waals surface area (Å²) in [6.07, 6.45) is 6.91. The van der Waals surface area contributed by atoms with Crippen molar-refractivity contribution < 1.29 is 19.7 Å². The summed E-state index contributed by atoms with van der Waals surface area (Å²) in [4.78, 5) is 12.5. The number of rotatable bonds is 6. The molecule has 0 aromatic heterocycles. The maximum absolute atomic E-state index is 12.5. The Morgan fingerprint density at radius 3 is 2.72 bits per heavy atom. The lowest BCUT2D eigenvalue weighted by atomic mass is 9.51. The van der Waals surface area contributed by atoms with Crippen LogP contribution in [-0.4, -0.2) is 36.0 Å². The van der Waals surface area contributed by atoms with Crippen LogP contribution in [0.25, 0.3) is 0 Å². The first-order chi connectivity index (χ1) is 11.7. The van der Waals surface area contributed by atoms with Crippen LogP contribution in [0.15, 0.2) is 23.8 Å². The van der Waals surface area contributed by atoms with E-state index in [9.17, 15) is 9.90 Å². The molecule has 2 aliphatic carbocycles. The molecule has 0 amide bonds. The third-order valence-electron chi connectivity index (χ3n) is 7.07. The van der Waals surface area contributed by atoms with Crippen molar-refractivity contribution in [2.45, 2.75) is 65.4 Å². The van der Waals surface area contributed by atoms with E-state index in [4.69, 9.17) is 9.84 Å². The van der Waals surface area contributed by atoms with Crippen LogP contribution in [0, 0.1) is 22.7 Å². The number of fused-ring (bicyclic) bond motifs is 1. The molecule has 0 saturated heterocycles. The van der Waals surface area contributed by atoms with Gasteiger partial charge in [0.15, 0.2) is 0 Å². The second-order valence-corrected chi connectivity index (χ2v) is 8.41. The number of methoxy groups -OCH3 is 1. The van der Waals surface area contributed by atoms with Gasteiger partial charge in [0, 0.05) is 0 Å². The molecule has 0 radical (unpaired) electrons. The van der Waals surface area contributed by atoms with Crippen LogP contribution in [-0.2, 0) is 9.53 Å². The van der Waals surface area contributed by atoms with E-state index in [-0.39, 0.29) is 23.9 Å². The van der Waals surface area contributed by atoms with Gasteiger partial charge in [0.2, 0.25) is 0 Å². The van der Waals surface area contributed by atoms with E-state index in [0.717, 1.165) is 32.1 Å². The highest BCUT2D eigenvalue weighted by atomic mass is 16.5. The Bertz CT molecular complexity index is 552. The van der Waals surface area contributed by atoms with Crippen LogP contribution in [0.2, 0.25) is 0 Å². The first-order valence-corrected chi connectivity index (χ1v) is 9.46. The summed E-state index contributed by atoms with van der Waals surface area (Å²) in [7, 11) is 1.48. The van der Waals surface area contributed by atoms with E-state index in [0.29, 0.717) is 17.9 Å². The van der Waals surface area contributed by atoms with Gasteiger partial charge in [-0.2, -0.15) is 0 Å². The van der Waals surface area contributed by atoms with Crippen LogP contribution < -0.4 is 0 Å². The molecule has 4 heteroatoms. The SMILES string of the molecule is C=C(CC[C@]1(C)C2=CCC[C@@](C)(C(=O)OC)[C@H]2CC[C@H]1C)[C@@H](O)CO. The fraction of sp³-hybridized carbons (Fsp3) is 0.762. The Morgan fingerprint density at radius 1 is 1.44 bits per heavy atom. The van der Waals surface area contributed by atoms with Crippen molar-refractivity contribution in [1.29, 1.82) is 0 Å². The summed E-state index contributed by atoms with van der Waals surface area (Å²) < 4.78 is 5.14. The molecule has 1 saturated carbocycles. The van der Waals surface area contributed by atoms with E-state index in [1.807, 2.05) is 0 Å². The smallest absolute Gasteiger partial charge is 0.312 e. The largest absolute Gasteiger partial charge is 0.469 e. The number of aliphatic hydroxyl groups excluding tert-OH is 2. The van der Waals surface area contributed by atoms with Gasteiger partial charge in [0.25, 0.3) is 0 Å². The minimum atomic E-state index is -0.848. The predicted molar refractivity (Wildman–Crippen MR) is 98.9 cm³/mol. The van der Waals surface area contributed by atoms with Crippen LogP contribution in [0.1, 0.15) is 59.3 Å². The van der Waals surface area contributed by atoms with Crippen molar-refractivity contribution in [2.24, 2.45) is 22.7 Å². The van der Waals surface area contributed by atoms with Gasteiger partial charge in [-0.05, 0) is 68.3 Å². The zero-order valence-electron chi connectivity index (χ0n) is 16.2. The molecule has 0 heterocycles. The molecular weight excluding hydrogens is 316 g/mol. The van der Waals surface area contributed by atoms with Crippen molar-refractivity contribution in [3.8, 4) is 0 Å². The lowest BCUT2D eigenvalue weighted by Crippen LogP contribution is -2.47. The van der Waals surface area contributed by atoms with Gasteiger partial charge < -0.3 is 14.9 Å². The number of aliphatic hydroxyl groups is 2. The monoisotopic (exact) mass is 350 g/mol. The van der Waals surface area contributed by atoms with E-state index >= 15 is 0 Å². The zero-order valence-corrected chi connectivity index (χ0v) is 16.2. The van der Waals surface area contributed by atoms with Gasteiger partial charge in [-0.1, -0.05) is 32.1 Å². The third-order valence-corrected chi connectivity index (χ3v) is 7.07. The van der Waals surface area contributed by atoms with Crippen LogP contribution in [0.4, 0.5) is 0 Å². The lowest BCUT2D eigenvalue weighted by molar-refractivity contribution is -0.156. The molecule has 0 unspecified atom stereocenters. The van der Waals surface area contributed by atoms with Crippen LogP contribution >= 0.6 is 0 Å². The van der Waals surface area contributed by atoms with E-state index in [1.54, 1.807) is 0 Å². The standard InChI is InChI=1S/C21H34O4/c1-14(18(23)13-22)10-12-20(3)15(2)8-9-17-16(20)7-6-11-21(17,4)19(24)25-5/h7,15,17-18,22-23H,1,6,8-13H2,2-5H3/t15-,17+,18+,20+,21-/m1/s1. The average Bonchev–Trinajstić information content (AvgIpc) is 2.61. The molecule has 2 aliphatic rings. The minimum Gasteiger partial charge on any atom is -0.469 e. The summed E-state index contributed by atoms with van der Waals surface area (Å²) in [6, 6.07) is 0. The maximum Gasteiger partial charge on any atom is 0.312 e. The topological polar surface area (TPSA) is 66.8 Å². The van der Waals surface area contributed by atoms with Gasteiger partial charge in [0.1, 0.15) is 0 Å². The Hall–Kier alpha value is -1.13. The average molecular weight is 350 g/mol. The van der Waals surface area contributed by atoms with Crippen molar-refractivity contribution >= 4 is 5.97 Å². The fourth-order valence-corrected chi connectivity index (χ4v) is 4.90. The molecule has 2 rings (SSSR count). The predicted octanol–water partition coefficient (Wildman–Crippen LogP) is 3.63. The molecule has 0 spiro atoms. The quantitative estimate of drug-likeness (QED) is 0.567. The van der Waals surface area contributed by atoms with Crippen molar-refractivity contribution in [3.05, 3.63) is 23.8 Å². The normalized spacial score (nSPS) is 36.2. The second kappa shape index (κ2) is 7.63. The fourth-order valence-electron chi connectivity index (χ4n) is 4.90. The first-order valence-electron chi connectivity index (χ1n) is 9.46. The Balaban J connectivity index is 2.27. The zero-order chi connectivity index (χ0) is 18.8. The highest BCUT2D eigenvalue weighted by Crippen LogP contribution is 2.58. The summed E-state index contributed by atoms with van der Waals surface area (Å²) in [5.74, 6) is 0.639. The Labute approximate surface area is 152 Å². The van der Waals surface area contributed by atoms with E-state index < -0.39 is 11.5 Å². The number of carbonyl (C=O) groups is 1. The number of hydrogen-bond acceptors (Lipinski definition) is 4. The van der Waals surface area contributed by atoms with Crippen molar-refractivity contribution in [1.82, 2.24) is 0 Å². The number of allylic oxidation sites excluding steroid dienone is 2. The van der Waals surface area contributed by atoms with Gasteiger partial charge in [0.05, 0.1) is 25.2 Å². The van der Waals surface area contributed by atoms with Gasteiger partial charge in [-0.15, -0.1) is 0 Å². The van der Waals surface area contributed by atoms with E-state index in [1.165, 1.54) is 12.7 Å². The molecule has 25 heavy (non-hydrogen) atoms. The number of hydrogen-bond donors (Lipinski definition) is 2. The molecule has 2 N–H and O–H groups in total. The summed E-state index contributed by atoms with van der Waals surface area (Å²) in [6.45, 7) is 10.3. The lowest BCUT2D eigenvalue weighted by Gasteiger charge is -2.53. The summed E-state index contributed by atoms with van der Waals surface area (Å²) >= 11 is 0. The number of esters is 1. The van der Waals surface area contributed by atoms with Crippen LogP contribution in [0.5, 0.6) is 0 Å². The molecular formula is C21H34O4. The number of ether oxygens (including phenoxy) is 1. The van der Waals surface area contributed by atoms with Gasteiger partial charge in [-0.3, -0.25) is 4.79 Å².